The lowest BCUT2D eigenvalue weighted by molar-refractivity contribution is 0.0725. The maximum atomic E-state index is 12.3. The first-order valence-corrected chi connectivity index (χ1v) is 7.52. The van der Waals surface area contributed by atoms with Gasteiger partial charge in [-0.3, -0.25) is 4.79 Å². The SMILES string of the molecule is CN(C(=O)c1ccc(Br)s1)C1CCCNCC1.Cl. The molecule has 0 saturated carbocycles. The molecule has 0 aliphatic carbocycles. The molecule has 0 spiro atoms. The predicted octanol–water partition coefficient (Wildman–Crippen LogP) is 3.15. The Morgan fingerprint density at radius 3 is 2.89 bits per heavy atom. The highest BCUT2D eigenvalue weighted by atomic mass is 79.9. The summed E-state index contributed by atoms with van der Waals surface area (Å²) >= 11 is 4.90. The molecule has 1 N–H and O–H groups in total. The van der Waals surface area contributed by atoms with E-state index in [-0.39, 0.29) is 18.3 Å². The van der Waals surface area contributed by atoms with E-state index in [1.807, 2.05) is 24.1 Å². The molecule has 18 heavy (non-hydrogen) atoms. The smallest absolute Gasteiger partial charge is 0.263 e. The second-order valence-electron chi connectivity index (χ2n) is 4.35. The largest absolute Gasteiger partial charge is 0.338 e. The van der Waals surface area contributed by atoms with Gasteiger partial charge in [0.05, 0.1) is 8.66 Å². The average molecular weight is 354 g/mol. The molecule has 1 fully saturated rings. The van der Waals surface area contributed by atoms with Gasteiger partial charge in [0.15, 0.2) is 0 Å². The van der Waals surface area contributed by atoms with E-state index < -0.39 is 0 Å². The topological polar surface area (TPSA) is 32.3 Å². The van der Waals surface area contributed by atoms with E-state index in [0.717, 1.165) is 41.0 Å². The molecule has 0 bridgehead atoms. The maximum Gasteiger partial charge on any atom is 0.263 e. The summed E-state index contributed by atoms with van der Waals surface area (Å²) in [6.45, 7) is 2.08. The van der Waals surface area contributed by atoms with Crippen LogP contribution in [0, 0.1) is 0 Å². The third-order valence-corrected chi connectivity index (χ3v) is 4.81. The van der Waals surface area contributed by atoms with E-state index in [4.69, 9.17) is 0 Å². The molecule has 1 saturated heterocycles. The molecular weight excluding hydrogens is 336 g/mol. The molecule has 1 aromatic heterocycles. The molecule has 1 atom stereocenters. The third kappa shape index (κ3) is 3.95. The summed E-state index contributed by atoms with van der Waals surface area (Å²) in [6, 6.07) is 4.20. The fourth-order valence-electron chi connectivity index (χ4n) is 2.16. The monoisotopic (exact) mass is 352 g/mol. The molecule has 3 nitrogen and oxygen atoms in total. The molecule has 1 aliphatic heterocycles. The van der Waals surface area contributed by atoms with Gasteiger partial charge in [0.25, 0.3) is 5.91 Å². The minimum absolute atomic E-state index is 0. The first kappa shape index (κ1) is 16.0. The number of thiophene rings is 1. The summed E-state index contributed by atoms with van der Waals surface area (Å²) in [6.07, 6.45) is 3.30. The van der Waals surface area contributed by atoms with Crippen LogP contribution >= 0.6 is 39.7 Å². The molecule has 1 amide bonds. The molecule has 6 heteroatoms. The Morgan fingerprint density at radius 1 is 1.44 bits per heavy atom. The van der Waals surface area contributed by atoms with E-state index in [9.17, 15) is 4.79 Å². The van der Waals surface area contributed by atoms with Gasteiger partial charge in [-0.25, -0.2) is 0 Å². The summed E-state index contributed by atoms with van der Waals surface area (Å²) in [5, 5.41) is 3.37. The normalized spacial score (nSPS) is 19.8. The molecule has 0 radical (unpaired) electrons. The second kappa shape index (κ2) is 7.48. The number of carbonyl (C=O) groups excluding carboxylic acids is 1. The Hall–Kier alpha value is -0.100. The molecule has 1 aromatic rings. The minimum Gasteiger partial charge on any atom is -0.338 e. The highest BCUT2D eigenvalue weighted by Crippen LogP contribution is 2.24. The van der Waals surface area contributed by atoms with Crippen molar-refractivity contribution in [1.29, 1.82) is 0 Å². The Balaban J connectivity index is 0.00000162. The third-order valence-electron chi connectivity index (χ3n) is 3.20. The maximum absolute atomic E-state index is 12.3. The van der Waals surface area contributed by atoms with Crippen molar-refractivity contribution < 1.29 is 4.79 Å². The van der Waals surface area contributed by atoms with Gasteiger partial charge >= 0.3 is 0 Å². The number of nitrogens with zero attached hydrogens (tertiary/aromatic N) is 1. The van der Waals surface area contributed by atoms with Crippen LogP contribution in [0.1, 0.15) is 28.9 Å². The summed E-state index contributed by atoms with van der Waals surface area (Å²) in [5.74, 6) is 0.146. The number of hydrogen-bond acceptors (Lipinski definition) is 3. The first-order valence-electron chi connectivity index (χ1n) is 5.91. The van der Waals surface area contributed by atoms with Crippen molar-refractivity contribution in [2.45, 2.75) is 25.3 Å². The van der Waals surface area contributed by atoms with E-state index in [1.165, 1.54) is 11.3 Å². The van der Waals surface area contributed by atoms with Crippen molar-refractivity contribution in [3.63, 3.8) is 0 Å². The zero-order valence-corrected chi connectivity index (χ0v) is 13.5. The van der Waals surface area contributed by atoms with E-state index in [1.54, 1.807) is 0 Å². The Labute approximate surface area is 126 Å². The van der Waals surface area contributed by atoms with E-state index >= 15 is 0 Å². The quantitative estimate of drug-likeness (QED) is 0.886. The highest BCUT2D eigenvalue weighted by molar-refractivity contribution is 9.11. The summed E-state index contributed by atoms with van der Waals surface area (Å²) in [4.78, 5) is 15.0. The van der Waals surface area contributed by atoms with Crippen LogP contribution in [0.15, 0.2) is 15.9 Å². The number of halogens is 2. The van der Waals surface area contributed by atoms with Gasteiger partial charge in [-0.15, -0.1) is 23.7 Å². The molecule has 2 heterocycles. The van der Waals surface area contributed by atoms with Crippen LogP contribution < -0.4 is 5.32 Å². The van der Waals surface area contributed by atoms with Crippen molar-refractivity contribution >= 4 is 45.6 Å². The number of nitrogens with one attached hydrogen (secondary N) is 1. The highest BCUT2D eigenvalue weighted by Gasteiger charge is 2.22. The van der Waals surface area contributed by atoms with Crippen molar-refractivity contribution in [2.75, 3.05) is 20.1 Å². The predicted molar refractivity (Wildman–Crippen MR) is 81.9 cm³/mol. The van der Waals surface area contributed by atoms with Gasteiger partial charge in [0.1, 0.15) is 0 Å². The molecule has 2 rings (SSSR count). The Kier molecular flexibility index (Phi) is 6.63. The lowest BCUT2D eigenvalue weighted by Gasteiger charge is -2.26. The van der Waals surface area contributed by atoms with Crippen LogP contribution in [0.3, 0.4) is 0 Å². The molecule has 1 unspecified atom stereocenters. The van der Waals surface area contributed by atoms with Crippen LogP contribution in [-0.4, -0.2) is 37.0 Å². The van der Waals surface area contributed by atoms with Gasteiger partial charge in [0.2, 0.25) is 0 Å². The van der Waals surface area contributed by atoms with Crippen LogP contribution in [0.25, 0.3) is 0 Å². The number of hydrogen-bond donors (Lipinski definition) is 1. The fraction of sp³-hybridized carbons (Fsp3) is 0.583. The summed E-state index contributed by atoms with van der Waals surface area (Å²) < 4.78 is 1.01. The zero-order valence-electron chi connectivity index (χ0n) is 10.3. The standard InChI is InChI=1S/C12H17BrN2OS.ClH/c1-15(9-3-2-7-14-8-6-9)12(16)10-4-5-11(13)17-10;/h4-5,9,14H,2-3,6-8H2,1H3;1H. The van der Waals surface area contributed by atoms with E-state index in [0.29, 0.717) is 6.04 Å². The lowest BCUT2D eigenvalue weighted by Crippen LogP contribution is -2.37. The number of carbonyl (C=O) groups is 1. The summed E-state index contributed by atoms with van der Waals surface area (Å²) in [7, 11) is 1.92. The first-order chi connectivity index (χ1) is 8.18. The van der Waals surface area contributed by atoms with Gasteiger partial charge < -0.3 is 10.2 Å². The van der Waals surface area contributed by atoms with Gasteiger partial charge in [0, 0.05) is 13.1 Å². The van der Waals surface area contributed by atoms with Crippen LogP contribution in [-0.2, 0) is 0 Å². The Morgan fingerprint density at radius 2 is 2.22 bits per heavy atom. The van der Waals surface area contributed by atoms with Gasteiger partial charge in [-0.05, 0) is 60.4 Å². The Bertz CT molecular complexity index is 391. The molecule has 102 valence electrons. The summed E-state index contributed by atoms with van der Waals surface area (Å²) in [5.41, 5.74) is 0. The second-order valence-corrected chi connectivity index (χ2v) is 6.82. The lowest BCUT2D eigenvalue weighted by atomic mass is 10.1. The van der Waals surface area contributed by atoms with Gasteiger partial charge in [-0.2, -0.15) is 0 Å². The molecule has 1 aliphatic rings. The minimum atomic E-state index is 0. The van der Waals surface area contributed by atoms with Crippen LogP contribution in [0.2, 0.25) is 0 Å². The van der Waals surface area contributed by atoms with Crippen LogP contribution in [0.5, 0.6) is 0 Å². The molecule has 0 aromatic carbocycles. The average Bonchev–Trinajstić information content (AvgIpc) is 2.60. The van der Waals surface area contributed by atoms with Crippen molar-refractivity contribution in [1.82, 2.24) is 10.2 Å². The molecular formula is C12H18BrClN2OS. The van der Waals surface area contributed by atoms with E-state index in [2.05, 4.69) is 21.2 Å². The zero-order chi connectivity index (χ0) is 12.3. The van der Waals surface area contributed by atoms with Crippen molar-refractivity contribution in [2.24, 2.45) is 0 Å². The van der Waals surface area contributed by atoms with Crippen molar-refractivity contribution in [3.8, 4) is 0 Å². The van der Waals surface area contributed by atoms with Crippen LogP contribution in [0.4, 0.5) is 0 Å². The van der Waals surface area contributed by atoms with Gasteiger partial charge in [-0.1, -0.05) is 0 Å². The number of rotatable bonds is 2. The van der Waals surface area contributed by atoms with Crippen molar-refractivity contribution in [3.05, 3.63) is 20.8 Å². The fourth-order valence-corrected chi connectivity index (χ4v) is 3.53. The number of amides is 1.